The maximum absolute atomic E-state index is 5.18. The monoisotopic (exact) mass is 817 g/mol. The molecule has 0 aliphatic carbocycles. The van der Waals surface area contributed by atoms with E-state index in [2.05, 4.69) is 228 Å². The van der Waals surface area contributed by atoms with Crippen LogP contribution in [0.5, 0.6) is 0 Å². The zero-order valence-electron chi connectivity index (χ0n) is 34.8. The van der Waals surface area contributed by atoms with Crippen molar-refractivity contribution >= 4 is 33.0 Å². The molecule has 0 spiro atoms. The SMILES string of the molecule is c1ccc(-c2cccc(-n3c(-c4ccc(-c5ccc(-c6ccc(-c7nc8ccccc8n7-c7cccc(-c8ccccc8)c7)cc6)c6ncccc56)cc4)nc4ccccc43)c2)cc1. The van der Waals surface area contributed by atoms with Crippen LogP contribution in [0.1, 0.15) is 0 Å². The molecule has 300 valence electrons. The van der Waals surface area contributed by atoms with Crippen molar-refractivity contribution in [3.63, 3.8) is 0 Å². The maximum Gasteiger partial charge on any atom is 0.145 e. The zero-order valence-corrected chi connectivity index (χ0v) is 34.8. The summed E-state index contributed by atoms with van der Waals surface area (Å²) in [6.45, 7) is 0. The topological polar surface area (TPSA) is 48.5 Å². The highest BCUT2D eigenvalue weighted by atomic mass is 15.1. The van der Waals surface area contributed by atoms with Gasteiger partial charge < -0.3 is 0 Å². The van der Waals surface area contributed by atoms with E-state index < -0.39 is 0 Å². The van der Waals surface area contributed by atoms with Gasteiger partial charge in [-0.3, -0.25) is 14.1 Å². The Hall–Kier alpha value is -8.67. The minimum Gasteiger partial charge on any atom is -0.292 e. The van der Waals surface area contributed by atoms with E-state index in [9.17, 15) is 0 Å². The summed E-state index contributed by atoms with van der Waals surface area (Å²) in [6, 6.07) is 81.3. The molecule has 3 aromatic heterocycles. The summed E-state index contributed by atoms with van der Waals surface area (Å²) < 4.78 is 4.54. The first-order valence-corrected chi connectivity index (χ1v) is 21.6. The number of benzene rings is 9. The number of pyridine rings is 1. The van der Waals surface area contributed by atoms with Gasteiger partial charge in [0.2, 0.25) is 0 Å². The minimum atomic E-state index is 0.899. The highest BCUT2D eigenvalue weighted by molar-refractivity contribution is 6.03. The Morgan fingerprint density at radius 2 is 0.734 bits per heavy atom. The van der Waals surface area contributed by atoms with Crippen LogP contribution >= 0.6 is 0 Å². The van der Waals surface area contributed by atoms with Crippen molar-refractivity contribution in [3.8, 4) is 78.7 Å². The predicted molar refractivity (Wildman–Crippen MR) is 264 cm³/mol. The van der Waals surface area contributed by atoms with Crippen molar-refractivity contribution in [2.24, 2.45) is 0 Å². The molecule has 3 heterocycles. The van der Waals surface area contributed by atoms with Crippen LogP contribution in [0, 0.1) is 0 Å². The van der Waals surface area contributed by atoms with Crippen LogP contribution in [-0.4, -0.2) is 24.1 Å². The molecule has 9 aromatic carbocycles. The van der Waals surface area contributed by atoms with Crippen LogP contribution in [-0.2, 0) is 0 Å². The van der Waals surface area contributed by atoms with Crippen molar-refractivity contribution < 1.29 is 0 Å². The second-order valence-electron chi connectivity index (χ2n) is 16.1. The first kappa shape index (κ1) is 37.1. The average Bonchev–Trinajstić information content (AvgIpc) is 3.97. The molecule has 64 heavy (non-hydrogen) atoms. The van der Waals surface area contributed by atoms with Crippen LogP contribution < -0.4 is 0 Å². The van der Waals surface area contributed by atoms with Gasteiger partial charge in [-0.05, 0) is 93.5 Å². The third-order valence-electron chi connectivity index (χ3n) is 12.2. The molecule has 12 rings (SSSR count). The summed E-state index contributed by atoms with van der Waals surface area (Å²) in [5.74, 6) is 1.80. The van der Waals surface area contributed by atoms with Crippen molar-refractivity contribution in [3.05, 3.63) is 237 Å². The van der Waals surface area contributed by atoms with Crippen molar-refractivity contribution in [2.75, 3.05) is 0 Å². The van der Waals surface area contributed by atoms with E-state index in [0.29, 0.717) is 0 Å². The van der Waals surface area contributed by atoms with Crippen molar-refractivity contribution in [1.82, 2.24) is 24.1 Å². The molecular weight excluding hydrogens is 779 g/mol. The van der Waals surface area contributed by atoms with Crippen LogP contribution in [0.25, 0.3) is 112 Å². The molecule has 0 radical (unpaired) electrons. The normalized spacial score (nSPS) is 11.4. The third-order valence-corrected chi connectivity index (χ3v) is 12.2. The van der Waals surface area contributed by atoms with Crippen LogP contribution in [0.2, 0.25) is 0 Å². The number of aromatic nitrogens is 5. The number of hydrogen-bond acceptors (Lipinski definition) is 3. The van der Waals surface area contributed by atoms with E-state index in [0.717, 1.165) is 94.9 Å². The lowest BCUT2D eigenvalue weighted by atomic mass is 9.94. The lowest BCUT2D eigenvalue weighted by Gasteiger charge is -2.14. The van der Waals surface area contributed by atoms with Crippen molar-refractivity contribution in [2.45, 2.75) is 0 Å². The highest BCUT2D eigenvalue weighted by Crippen LogP contribution is 2.38. The summed E-state index contributed by atoms with van der Waals surface area (Å²) in [7, 11) is 0. The summed E-state index contributed by atoms with van der Waals surface area (Å²) in [5, 5.41) is 1.10. The minimum absolute atomic E-state index is 0.899. The second-order valence-corrected chi connectivity index (χ2v) is 16.1. The van der Waals surface area contributed by atoms with Gasteiger partial charge in [0.05, 0.1) is 27.6 Å². The molecule has 0 saturated carbocycles. The van der Waals surface area contributed by atoms with Crippen LogP contribution in [0.4, 0.5) is 0 Å². The Kier molecular flexibility index (Phi) is 9.08. The molecule has 0 N–H and O–H groups in total. The summed E-state index contributed by atoms with van der Waals surface area (Å²) in [6.07, 6.45) is 1.89. The molecule has 5 heteroatoms. The molecule has 0 fully saturated rings. The van der Waals surface area contributed by atoms with Crippen LogP contribution in [0.3, 0.4) is 0 Å². The lowest BCUT2D eigenvalue weighted by molar-refractivity contribution is 1.10. The second kappa shape index (κ2) is 15.7. The van der Waals surface area contributed by atoms with Gasteiger partial charge in [0.25, 0.3) is 0 Å². The molecule has 0 aliphatic rings. The van der Waals surface area contributed by atoms with E-state index in [1.165, 1.54) is 16.7 Å². The quantitative estimate of drug-likeness (QED) is 0.153. The fourth-order valence-electron chi connectivity index (χ4n) is 9.13. The van der Waals surface area contributed by atoms with E-state index >= 15 is 0 Å². The Balaban J connectivity index is 0.888. The van der Waals surface area contributed by atoms with Gasteiger partial charge in [-0.25, -0.2) is 9.97 Å². The number of nitrogens with zero attached hydrogens (tertiary/aromatic N) is 5. The van der Waals surface area contributed by atoms with Gasteiger partial charge >= 0.3 is 0 Å². The van der Waals surface area contributed by atoms with Crippen molar-refractivity contribution in [1.29, 1.82) is 0 Å². The standard InChI is InChI=1S/C59H39N5/c1-3-14-40(15-4-1)46-18-11-20-48(38-46)63-55-25-9-7-23-53(55)61-58(63)44-31-27-42(28-32-44)50-35-36-51(57-52(50)22-13-37-60-57)43-29-33-45(34-30-43)59-62-54-24-8-10-26-56(54)64(59)49-21-12-19-47(39-49)41-16-5-2-6-17-41/h1-39H. The van der Waals surface area contributed by atoms with E-state index in [-0.39, 0.29) is 0 Å². The zero-order chi connectivity index (χ0) is 42.4. The predicted octanol–water partition coefficient (Wildman–Crippen LogP) is 14.9. The fourth-order valence-corrected chi connectivity index (χ4v) is 9.13. The maximum atomic E-state index is 5.18. The number of hydrogen-bond donors (Lipinski definition) is 0. The molecule has 0 atom stereocenters. The molecular formula is C59H39N5. The molecule has 0 aliphatic heterocycles. The van der Waals surface area contributed by atoms with Gasteiger partial charge in [-0.15, -0.1) is 0 Å². The largest absolute Gasteiger partial charge is 0.292 e. The molecule has 0 amide bonds. The van der Waals surface area contributed by atoms with Crippen LogP contribution in [0.15, 0.2) is 237 Å². The Morgan fingerprint density at radius 1 is 0.297 bits per heavy atom. The molecule has 0 unspecified atom stereocenters. The number of para-hydroxylation sites is 4. The Bertz CT molecular complexity index is 3400. The van der Waals surface area contributed by atoms with Gasteiger partial charge in [0, 0.05) is 39.6 Å². The van der Waals surface area contributed by atoms with E-state index in [1.807, 2.05) is 18.3 Å². The first-order chi connectivity index (χ1) is 31.7. The highest BCUT2D eigenvalue weighted by Gasteiger charge is 2.18. The number of fused-ring (bicyclic) bond motifs is 3. The number of rotatable bonds is 8. The summed E-state index contributed by atoms with van der Waals surface area (Å²) in [5.41, 5.74) is 18.4. The fraction of sp³-hybridized carbons (Fsp3) is 0. The Morgan fingerprint density at radius 3 is 1.27 bits per heavy atom. The number of imidazole rings is 2. The smallest absolute Gasteiger partial charge is 0.145 e. The molecule has 0 saturated heterocycles. The average molecular weight is 818 g/mol. The molecule has 0 bridgehead atoms. The summed E-state index contributed by atoms with van der Waals surface area (Å²) in [4.78, 5) is 15.3. The van der Waals surface area contributed by atoms with Gasteiger partial charge in [0.15, 0.2) is 0 Å². The third kappa shape index (κ3) is 6.55. The van der Waals surface area contributed by atoms with E-state index in [1.54, 1.807) is 0 Å². The molecule has 5 nitrogen and oxygen atoms in total. The first-order valence-electron chi connectivity index (χ1n) is 21.6. The van der Waals surface area contributed by atoms with Gasteiger partial charge in [-0.2, -0.15) is 0 Å². The molecule has 12 aromatic rings. The lowest BCUT2D eigenvalue weighted by Crippen LogP contribution is -1.98. The van der Waals surface area contributed by atoms with E-state index in [4.69, 9.17) is 15.0 Å². The van der Waals surface area contributed by atoms with Gasteiger partial charge in [-0.1, -0.05) is 176 Å². The van der Waals surface area contributed by atoms with Gasteiger partial charge in [0.1, 0.15) is 11.6 Å². The Labute approximate surface area is 370 Å². The summed E-state index contributed by atoms with van der Waals surface area (Å²) >= 11 is 0.